The van der Waals surface area contributed by atoms with E-state index < -0.39 is 0 Å². The van der Waals surface area contributed by atoms with Crippen molar-refractivity contribution in [3.05, 3.63) is 22.4 Å². The van der Waals surface area contributed by atoms with Crippen LogP contribution in [0.4, 0.5) is 0 Å². The molecule has 1 saturated carbocycles. The molecule has 0 radical (unpaired) electrons. The van der Waals surface area contributed by atoms with E-state index in [-0.39, 0.29) is 23.9 Å². The molecule has 108 valence electrons. The largest absolute Gasteiger partial charge is 0.344 e. The van der Waals surface area contributed by atoms with Gasteiger partial charge >= 0.3 is 0 Å². The van der Waals surface area contributed by atoms with E-state index in [0.29, 0.717) is 18.9 Å². The van der Waals surface area contributed by atoms with Gasteiger partial charge in [0.1, 0.15) is 6.04 Å². The Labute approximate surface area is 123 Å². The normalized spacial score (nSPS) is 27.4. The highest BCUT2D eigenvalue weighted by atomic mass is 32.1. The van der Waals surface area contributed by atoms with Crippen molar-refractivity contribution < 1.29 is 9.59 Å². The fourth-order valence-corrected chi connectivity index (χ4v) is 3.53. The topological polar surface area (TPSA) is 49.4 Å². The molecule has 2 atom stereocenters. The second-order valence-corrected chi connectivity index (χ2v) is 6.83. The van der Waals surface area contributed by atoms with E-state index >= 15 is 0 Å². The van der Waals surface area contributed by atoms with Gasteiger partial charge in [-0.05, 0) is 43.6 Å². The molecule has 1 N–H and O–H groups in total. The first-order valence-electron chi connectivity index (χ1n) is 7.27. The van der Waals surface area contributed by atoms with Crippen LogP contribution >= 0.6 is 11.3 Å². The molecule has 2 aliphatic rings. The first-order valence-corrected chi connectivity index (χ1v) is 8.15. The first kappa shape index (κ1) is 13.6. The molecule has 1 aromatic heterocycles. The zero-order valence-corrected chi connectivity index (χ0v) is 12.5. The maximum atomic E-state index is 12.7. The van der Waals surface area contributed by atoms with Crippen molar-refractivity contribution >= 4 is 23.2 Å². The summed E-state index contributed by atoms with van der Waals surface area (Å²) in [6.07, 6.45) is 3.41. The Kier molecular flexibility index (Phi) is 3.78. The Bertz CT molecular complexity index is 496. The lowest BCUT2D eigenvalue weighted by molar-refractivity contribution is -0.135. The molecule has 1 aliphatic carbocycles. The van der Waals surface area contributed by atoms with Crippen LogP contribution in [0.15, 0.2) is 17.5 Å². The minimum absolute atomic E-state index is 0.00814. The van der Waals surface area contributed by atoms with E-state index in [1.54, 1.807) is 11.3 Å². The maximum absolute atomic E-state index is 12.7. The number of nitrogens with one attached hydrogen (secondary N) is 1. The summed E-state index contributed by atoms with van der Waals surface area (Å²) in [7, 11) is 0. The summed E-state index contributed by atoms with van der Waals surface area (Å²) in [4.78, 5) is 27.7. The first-order chi connectivity index (χ1) is 9.65. The van der Waals surface area contributed by atoms with Gasteiger partial charge in [0.25, 0.3) is 0 Å². The van der Waals surface area contributed by atoms with Gasteiger partial charge in [0.2, 0.25) is 11.8 Å². The average Bonchev–Trinajstić information content (AvgIpc) is 3.13. The SMILES string of the molecule is CC1CC(=O)NC(C2CC2)C(=O)N1CCc1cccs1. The molecule has 2 fully saturated rings. The van der Waals surface area contributed by atoms with Crippen LogP contribution in [-0.4, -0.2) is 35.3 Å². The molecular weight excluding hydrogens is 272 g/mol. The van der Waals surface area contributed by atoms with Gasteiger partial charge in [-0.3, -0.25) is 9.59 Å². The molecule has 1 aliphatic heterocycles. The van der Waals surface area contributed by atoms with E-state index in [0.717, 1.165) is 19.3 Å². The molecule has 3 rings (SSSR count). The van der Waals surface area contributed by atoms with Crippen molar-refractivity contribution in [3.63, 3.8) is 0 Å². The lowest BCUT2D eigenvalue weighted by Gasteiger charge is -2.28. The number of hydrogen-bond donors (Lipinski definition) is 1. The number of thiophene rings is 1. The van der Waals surface area contributed by atoms with Crippen molar-refractivity contribution in [1.82, 2.24) is 10.2 Å². The standard InChI is InChI=1S/C15H20N2O2S/c1-10-9-13(18)16-14(11-4-5-11)15(19)17(10)7-6-12-3-2-8-20-12/h2-3,8,10-11,14H,4-7,9H2,1H3,(H,16,18). The Morgan fingerprint density at radius 3 is 2.85 bits per heavy atom. The summed E-state index contributed by atoms with van der Waals surface area (Å²) in [6, 6.07) is 3.84. The van der Waals surface area contributed by atoms with E-state index in [1.807, 2.05) is 17.9 Å². The highest BCUT2D eigenvalue weighted by Gasteiger charge is 2.42. The number of rotatable bonds is 4. The summed E-state index contributed by atoms with van der Waals surface area (Å²) in [5, 5.41) is 4.97. The van der Waals surface area contributed by atoms with Crippen LogP contribution in [0.2, 0.25) is 0 Å². The minimum atomic E-state index is -0.282. The Morgan fingerprint density at radius 2 is 2.20 bits per heavy atom. The average molecular weight is 292 g/mol. The van der Waals surface area contributed by atoms with E-state index in [1.165, 1.54) is 4.88 Å². The fourth-order valence-electron chi connectivity index (χ4n) is 2.83. The van der Waals surface area contributed by atoms with Crippen molar-refractivity contribution in [2.24, 2.45) is 5.92 Å². The van der Waals surface area contributed by atoms with Crippen LogP contribution in [0.25, 0.3) is 0 Å². The van der Waals surface area contributed by atoms with Gasteiger partial charge in [-0.1, -0.05) is 6.07 Å². The van der Waals surface area contributed by atoms with Gasteiger partial charge in [0.15, 0.2) is 0 Å². The van der Waals surface area contributed by atoms with E-state index in [4.69, 9.17) is 0 Å². The summed E-state index contributed by atoms with van der Waals surface area (Å²) in [5.41, 5.74) is 0. The zero-order valence-electron chi connectivity index (χ0n) is 11.7. The van der Waals surface area contributed by atoms with Gasteiger partial charge in [-0.2, -0.15) is 0 Å². The molecule has 2 heterocycles. The Hall–Kier alpha value is -1.36. The third kappa shape index (κ3) is 2.87. The number of carbonyl (C=O) groups excluding carboxylic acids is 2. The quantitative estimate of drug-likeness (QED) is 0.920. The second-order valence-electron chi connectivity index (χ2n) is 5.80. The molecule has 0 spiro atoms. The van der Waals surface area contributed by atoms with Crippen molar-refractivity contribution in [2.45, 2.75) is 44.7 Å². The van der Waals surface area contributed by atoms with E-state index in [9.17, 15) is 9.59 Å². The monoisotopic (exact) mass is 292 g/mol. The zero-order chi connectivity index (χ0) is 14.1. The van der Waals surface area contributed by atoms with Crippen molar-refractivity contribution in [3.8, 4) is 0 Å². The van der Waals surface area contributed by atoms with Crippen molar-refractivity contribution in [2.75, 3.05) is 6.54 Å². The lowest BCUT2D eigenvalue weighted by Crippen LogP contribution is -2.48. The number of amides is 2. The lowest BCUT2D eigenvalue weighted by atomic mass is 10.1. The molecule has 20 heavy (non-hydrogen) atoms. The molecule has 4 nitrogen and oxygen atoms in total. The van der Waals surface area contributed by atoms with Crippen LogP contribution in [0, 0.1) is 5.92 Å². The smallest absolute Gasteiger partial charge is 0.245 e. The molecule has 0 bridgehead atoms. The predicted molar refractivity (Wildman–Crippen MR) is 78.5 cm³/mol. The second kappa shape index (κ2) is 5.56. The summed E-state index contributed by atoms with van der Waals surface area (Å²) >= 11 is 1.72. The number of nitrogens with zero attached hydrogens (tertiary/aromatic N) is 1. The number of hydrogen-bond acceptors (Lipinski definition) is 3. The predicted octanol–water partition coefficient (Wildman–Crippen LogP) is 1.81. The third-order valence-electron chi connectivity index (χ3n) is 4.15. The van der Waals surface area contributed by atoms with Crippen molar-refractivity contribution in [1.29, 1.82) is 0 Å². The molecular formula is C15H20N2O2S. The Balaban J connectivity index is 1.71. The van der Waals surface area contributed by atoms with Crippen LogP contribution in [0.1, 0.15) is 31.1 Å². The highest BCUT2D eigenvalue weighted by molar-refractivity contribution is 7.09. The van der Waals surface area contributed by atoms with Gasteiger partial charge in [0, 0.05) is 23.9 Å². The third-order valence-corrected chi connectivity index (χ3v) is 5.09. The maximum Gasteiger partial charge on any atom is 0.245 e. The number of carbonyl (C=O) groups is 2. The van der Waals surface area contributed by atoms with Gasteiger partial charge in [-0.25, -0.2) is 0 Å². The summed E-state index contributed by atoms with van der Waals surface area (Å²) in [6.45, 7) is 2.68. The van der Waals surface area contributed by atoms with Gasteiger partial charge in [0.05, 0.1) is 0 Å². The molecule has 1 saturated heterocycles. The minimum Gasteiger partial charge on any atom is -0.344 e. The Morgan fingerprint density at radius 1 is 1.40 bits per heavy atom. The fraction of sp³-hybridized carbons (Fsp3) is 0.600. The van der Waals surface area contributed by atoms with E-state index in [2.05, 4.69) is 16.8 Å². The van der Waals surface area contributed by atoms with Crippen LogP contribution in [0.3, 0.4) is 0 Å². The molecule has 2 amide bonds. The summed E-state index contributed by atoms with van der Waals surface area (Å²) in [5.74, 6) is 0.491. The highest BCUT2D eigenvalue weighted by Crippen LogP contribution is 2.34. The van der Waals surface area contributed by atoms with Gasteiger partial charge in [-0.15, -0.1) is 11.3 Å². The van der Waals surface area contributed by atoms with Gasteiger partial charge < -0.3 is 10.2 Å². The summed E-state index contributed by atoms with van der Waals surface area (Å²) < 4.78 is 0. The molecule has 2 unspecified atom stereocenters. The van der Waals surface area contributed by atoms with Crippen LogP contribution in [-0.2, 0) is 16.0 Å². The van der Waals surface area contributed by atoms with Crippen LogP contribution in [0.5, 0.6) is 0 Å². The molecule has 5 heteroatoms. The van der Waals surface area contributed by atoms with Crippen LogP contribution < -0.4 is 5.32 Å². The molecule has 0 aromatic carbocycles. The molecule has 1 aromatic rings.